The fourth-order valence-electron chi connectivity index (χ4n) is 3.58. The first-order chi connectivity index (χ1) is 14.2. The SMILES string of the molecule is Cc1nc(NCc2ccc(F)cc2)cc(N2CCN(Cc3ccccc3)CC2)n1. The monoisotopic (exact) mass is 391 g/mol. The van der Waals surface area contributed by atoms with Gasteiger partial charge in [-0.2, -0.15) is 0 Å². The van der Waals surface area contributed by atoms with E-state index in [1.807, 2.05) is 13.0 Å². The maximum Gasteiger partial charge on any atom is 0.134 e. The molecule has 0 saturated carbocycles. The second kappa shape index (κ2) is 9.01. The summed E-state index contributed by atoms with van der Waals surface area (Å²) in [7, 11) is 0. The number of nitrogens with zero attached hydrogens (tertiary/aromatic N) is 4. The van der Waals surface area contributed by atoms with Gasteiger partial charge in [-0.05, 0) is 30.2 Å². The Labute approximate surface area is 171 Å². The molecule has 0 amide bonds. The van der Waals surface area contributed by atoms with Crippen LogP contribution in [0.1, 0.15) is 17.0 Å². The largest absolute Gasteiger partial charge is 0.366 e. The van der Waals surface area contributed by atoms with E-state index in [4.69, 9.17) is 0 Å². The van der Waals surface area contributed by atoms with Gasteiger partial charge in [0.1, 0.15) is 23.3 Å². The van der Waals surface area contributed by atoms with Gasteiger partial charge in [0.25, 0.3) is 0 Å². The third-order valence-corrected chi connectivity index (χ3v) is 5.16. The number of nitrogens with one attached hydrogen (secondary N) is 1. The first-order valence-electron chi connectivity index (χ1n) is 10.0. The number of rotatable bonds is 6. The van der Waals surface area contributed by atoms with Crippen molar-refractivity contribution in [1.82, 2.24) is 14.9 Å². The average Bonchev–Trinajstić information content (AvgIpc) is 2.74. The van der Waals surface area contributed by atoms with Gasteiger partial charge in [0.05, 0.1) is 0 Å². The highest BCUT2D eigenvalue weighted by Gasteiger charge is 2.19. The molecule has 1 aromatic heterocycles. The molecule has 150 valence electrons. The molecule has 4 rings (SSSR count). The van der Waals surface area contributed by atoms with Crippen LogP contribution in [0.25, 0.3) is 0 Å². The van der Waals surface area contributed by atoms with Crippen molar-refractivity contribution in [2.45, 2.75) is 20.0 Å². The number of benzene rings is 2. The Morgan fingerprint density at radius 1 is 0.897 bits per heavy atom. The van der Waals surface area contributed by atoms with Crippen molar-refractivity contribution < 1.29 is 4.39 Å². The van der Waals surface area contributed by atoms with Crippen molar-refractivity contribution in [3.05, 3.63) is 83.4 Å². The van der Waals surface area contributed by atoms with Gasteiger partial charge in [0, 0.05) is 45.3 Å². The second-order valence-corrected chi connectivity index (χ2v) is 7.39. The summed E-state index contributed by atoms with van der Waals surface area (Å²) in [5, 5.41) is 3.33. The summed E-state index contributed by atoms with van der Waals surface area (Å²) in [6, 6.07) is 19.1. The first kappa shape index (κ1) is 19.3. The van der Waals surface area contributed by atoms with Crippen molar-refractivity contribution in [2.24, 2.45) is 0 Å². The lowest BCUT2D eigenvalue weighted by Crippen LogP contribution is -2.46. The average molecular weight is 391 g/mol. The molecule has 3 aromatic rings. The van der Waals surface area contributed by atoms with E-state index >= 15 is 0 Å². The predicted molar refractivity (Wildman–Crippen MR) is 114 cm³/mol. The highest BCUT2D eigenvalue weighted by molar-refractivity contribution is 5.50. The Balaban J connectivity index is 1.35. The van der Waals surface area contributed by atoms with Crippen LogP contribution in [0.4, 0.5) is 16.0 Å². The van der Waals surface area contributed by atoms with E-state index in [0.29, 0.717) is 6.54 Å². The number of hydrogen-bond acceptors (Lipinski definition) is 5. The number of piperazine rings is 1. The maximum absolute atomic E-state index is 13.1. The zero-order valence-electron chi connectivity index (χ0n) is 16.7. The van der Waals surface area contributed by atoms with Gasteiger partial charge < -0.3 is 10.2 Å². The van der Waals surface area contributed by atoms with Gasteiger partial charge in [-0.3, -0.25) is 4.90 Å². The number of aryl methyl sites for hydroxylation is 1. The molecule has 0 atom stereocenters. The molecule has 6 heteroatoms. The minimum Gasteiger partial charge on any atom is -0.366 e. The Hall–Kier alpha value is -2.99. The summed E-state index contributed by atoms with van der Waals surface area (Å²) in [4.78, 5) is 13.9. The summed E-state index contributed by atoms with van der Waals surface area (Å²) in [5.41, 5.74) is 2.37. The fraction of sp³-hybridized carbons (Fsp3) is 0.304. The lowest BCUT2D eigenvalue weighted by Gasteiger charge is -2.35. The number of halogens is 1. The Morgan fingerprint density at radius 2 is 1.62 bits per heavy atom. The third kappa shape index (κ3) is 5.29. The van der Waals surface area contributed by atoms with Crippen LogP contribution in [0.5, 0.6) is 0 Å². The summed E-state index contributed by atoms with van der Waals surface area (Å²) in [6.07, 6.45) is 0. The lowest BCUT2D eigenvalue weighted by molar-refractivity contribution is 0.249. The Kier molecular flexibility index (Phi) is 6.00. The van der Waals surface area contributed by atoms with Gasteiger partial charge in [0.2, 0.25) is 0 Å². The van der Waals surface area contributed by atoms with E-state index in [1.54, 1.807) is 12.1 Å². The van der Waals surface area contributed by atoms with Crippen LogP contribution in [0.2, 0.25) is 0 Å². The standard InChI is InChI=1S/C23H26FN5/c1-18-26-22(25-16-19-7-9-21(24)10-8-19)15-23(27-18)29-13-11-28(12-14-29)17-20-5-3-2-4-6-20/h2-10,15H,11-14,16-17H2,1H3,(H,25,26,27). The molecule has 1 aliphatic heterocycles. The number of aromatic nitrogens is 2. The topological polar surface area (TPSA) is 44.3 Å². The summed E-state index contributed by atoms with van der Waals surface area (Å²) in [6.45, 7) is 7.41. The molecule has 5 nitrogen and oxygen atoms in total. The number of hydrogen-bond donors (Lipinski definition) is 1. The van der Waals surface area contributed by atoms with Crippen molar-refractivity contribution >= 4 is 11.6 Å². The molecular weight excluding hydrogens is 365 g/mol. The zero-order chi connectivity index (χ0) is 20.1. The zero-order valence-corrected chi connectivity index (χ0v) is 16.7. The number of anilines is 2. The fourth-order valence-corrected chi connectivity index (χ4v) is 3.58. The summed E-state index contributed by atoms with van der Waals surface area (Å²) < 4.78 is 13.1. The van der Waals surface area contributed by atoms with Crippen molar-refractivity contribution in [3.63, 3.8) is 0 Å². The second-order valence-electron chi connectivity index (χ2n) is 7.39. The van der Waals surface area contributed by atoms with Gasteiger partial charge in [-0.15, -0.1) is 0 Å². The molecule has 0 spiro atoms. The van der Waals surface area contributed by atoms with E-state index < -0.39 is 0 Å². The van der Waals surface area contributed by atoms with E-state index in [2.05, 4.69) is 55.4 Å². The maximum atomic E-state index is 13.1. The van der Waals surface area contributed by atoms with Crippen LogP contribution in [-0.4, -0.2) is 41.0 Å². The molecule has 1 fully saturated rings. The normalized spacial score (nSPS) is 14.8. The molecule has 1 saturated heterocycles. The predicted octanol–water partition coefficient (Wildman–Crippen LogP) is 3.86. The first-order valence-corrected chi connectivity index (χ1v) is 10.0. The van der Waals surface area contributed by atoms with Gasteiger partial charge in [0.15, 0.2) is 0 Å². The van der Waals surface area contributed by atoms with Crippen LogP contribution in [-0.2, 0) is 13.1 Å². The molecule has 0 aliphatic carbocycles. The quantitative estimate of drug-likeness (QED) is 0.691. The molecule has 0 bridgehead atoms. The van der Waals surface area contributed by atoms with Crippen molar-refractivity contribution in [1.29, 1.82) is 0 Å². The highest BCUT2D eigenvalue weighted by atomic mass is 19.1. The highest BCUT2D eigenvalue weighted by Crippen LogP contribution is 2.19. The Morgan fingerprint density at radius 3 is 2.34 bits per heavy atom. The van der Waals surface area contributed by atoms with Crippen LogP contribution >= 0.6 is 0 Å². The van der Waals surface area contributed by atoms with Crippen molar-refractivity contribution in [3.8, 4) is 0 Å². The summed E-state index contributed by atoms with van der Waals surface area (Å²) >= 11 is 0. The van der Waals surface area contributed by atoms with Crippen LogP contribution < -0.4 is 10.2 Å². The molecule has 29 heavy (non-hydrogen) atoms. The van der Waals surface area contributed by atoms with E-state index in [0.717, 1.165) is 55.7 Å². The van der Waals surface area contributed by atoms with Gasteiger partial charge in [-0.1, -0.05) is 42.5 Å². The molecule has 0 unspecified atom stereocenters. The van der Waals surface area contributed by atoms with E-state index in [1.165, 1.54) is 17.7 Å². The molecule has 0 radical (unpaired) electrons. The minimum atomic E-state index is -0.222. The van der Waals surface area contributed by atoms with Gasteiger partial charge >= 0.3 is 0 Å². The van der Waals surface area contributed by atoms with E-state index in [-0.39, 0.29) is 5.82 Å². The lowest BCUT2D eigenvalue weighted by atomic mass is 10.2. The molecule has 2 aromatic carbocycles. The molecule has 1 N–H and O–H groups in total. The molecular formula is C23H26FN5. The van der Waals surface area contributed by atoms with Crippen LogP contribution in [0.15, 0.2) is 60.7 Å². The van der Waals surface area contributed by atoms with Crippen molar-refractivity contribution in [2.75, 3.05) is 36.4 Å². The van der Waals surface area contributed by atoms with E-state index in [9.17, 15) is 4.39 Å². The Bertz CT molecular complexity index is 922. The minimum absolute atomic E-state index is 0.222. The molecule has 2 heterocycles. The third-order valence-electron chi connectivity index (χ3n) is 5.16. The van der Waals surface area contributed by atoms with Crippen LogP contribution in [0, 0.1) is 12.7 Å². The van der Waals surface area contributed by atoms with Gasteiger partial charge in [-0.25, -0.2) is 14.4 Å². The summed E-state index contributed by atoms with van der Waals surface area (Å²) in [5.74, 6) is 2.28. The smallest absolute Gasteiger partial charge is 0.134 e. The molecule has 1 aliphatic rings. The van der Waals surface area contributed by atoms with Crippen LogP contribution in [0.3, 0.4) is 0 Å².